The molecule has 7 nitrogen and oxygen atoms in total. The molecule has 0 saturated carbocycles. The highest BCUT2D eigenvalue weighted by molar-refractivity contribution is 5.92. The van der Waals surface area contributed by atoms with Gasteiger partial charge in [-0.3, -0.25) is 14.4 Å². The third kappa shape index (κ3) is 5.08. The first-order valence-corrected chi connectivity index (χ1v) is 8.69. The molecule has 1 aromatic heterocycles. The zero-order valence-electron chi connectivity index (χ0n) is 15.3. The molecule has 2 rings (SSSR count). The maximum Gasteiger partial charge on any atom is 0.243 e. The third-order valence-electron chi connectivity index (χ3n) is 4.16. The molecule has 0 aliphatic heterocycles. The Balaban J connectivity index is 2.19. The van der Waals surface area contributed by atoms with E-state index in [-0.39, 0.29) is 11.8 Å². The number of carbonyl (C=O) groups is 3. The molecule has 2 atom stereocenters. The number of aromatic amines is 1. The fraction of sp³-hybridized carbons (Fsp3) is 0.421. The summed E-state index contributed by atoms with van der Waals surface area (Å²) in [6.07, 6.45) is 2.58. The molecule has 0 radical (unpaired) electrons. The molecule has 5 N–H and O–H groups in total. The van der Waals surface area contributed by atoms with Gasteiger partial charge in [-0.2, -0.15) is 0 Å². The Hall–Kier alpha value is -2.83. The zero-order chi connectivity index (χ0) is 19.3. The van der Waals surface area contributed by atoms with E-state index in [2.05, 4.69) is 15.6 Å². The maximum atomic E-state index is 12.7. The first kappa shape index (κ1) is 19.5. The number of hydrogen-bond donors (Lipinski definition) is 4. The zero-order valence-corrected chi connectivity index (χ0v) is 15.3. The number of para-hydroxylation sites is 1. The number of carbonyl (C=O) groups excluding carboxylic acids is 3. The number of aromatic nitrogens is 1. The number of amides is 3. The quantitative estimate of drug-likeness (QED) is 0.568. The first-order chi connectivity index (χ1) is 12.3. The van der Waals surface area contributed by atoms with Crippen molar-refractivity contribution < 1.29 is 14.4 Å². The molecule has 140 valence electrons. The van der Waals surface area contributed by atoms with E-state index in [1.165, 1.54) is 6.92 Å². The fourth-order valence-electron chi connectivity index (χ4n) is 2.96. The summed E-state index contributed by atoms with van der Waals surface area (Å²) in [7, 11) is 0. The highest BCUT2D eigenvalue weighted by atomic mass is 16.2. The number of rotatable bonds is 8. The van der Waals surface area contributed by atoms with Gasteiger partial charge in [0.15, 0.2) is 0 Å². The van der Waals surface area contributed by atoms with E-state index >= 15 is 0 Å². The van der Waals surface area contributed by atoms with Crippen LogP contribution in [0.1, 0.15) is 32.8 Å². The Morgan fingerprint density at radius 1 is 1.12 bits per heavy atom. The van der Waals surface area contributed by atoms with Gasteiger partial charge >= 0.3 is 0 Å². The van der Waals surface area contributed by atoms with E-state index < -0.39 is 23.9 Å². The minimum absolute atomic E-state index is 0.195. The number of H-pyrrole nitrogens is 1. The Morgan fingerprint density at radius 2 is 1.81 bits per heavy atom. The minimum Gasteiger partial charge on any atom is -0.368 e. The predicted molar refractivity (Wildman–Crippen MR) is 100 cm³/mol. The first-order valence-electron chi connectivity index (χ1n) is 8.69. The second-order valence-electron chi connectivity index (χ2n) is 6.91. The molecular formula is C19H26N4O3. The van der Waals surface area contributed by atoms with E-state index in [1.807, 2.05) is 44.3 Å². The molecule has 7 heteroatoms. The van der Waals surface area contributed by atoms with Crippen LogP contribution in [0.4, 0.5) is 0 Å². The van der Waals surface area contributed by atoms with Crippen LogP contribution in [0.25, 0.3) is 10.9 Å². The number of fused-ring (bicyclic) bond motifs is 1. The van der Waals surface area contributed by atoms with E-state index in [4.69, 9.17) is 5.73 Å². The van der Waals surface area contributed by atoms with E-state index in [0.717, 1.165) is 16.5 Å². The number of nitrogens with one attached hydrogen (secondary N) is 3. The number of hydrogen-bond acceptors (Lipinski definition) is 3. The van der Waals surface area contributed by atoms with Crippen molar-refractivity contribution in [1.29, 1.82) is 0 Å². The molecule has 3 amide bonds. The van der Waals surface area contributed by atoms with Crippen molar-refractivity contribution in [3.8, 4) is 0 Å². The van der Waals surface area contributed by atoms with Crippen LogP contribution in [0.2, 0.25) is 0 Å². The van der Waals surface area contributed by atoms with Gasteiger partial charge in [0.25, 0.3) is 0 Å². The van der Waals surface area contributed by atoms with Gasteiger partial charge in [0, 0.05) is 30.4 Å². The average Bonchev–Trinajstić information content (AvgIpc) is 2.96. The minimum atomic E-state index is -0.791. The lowest BCUT2D eigenvalue weighted by molar-refractivity contribution is -0.131. The predicted octanol–water partition coefficient (Wildman–Crippen LogP) is 1.23. The Morgan fingerprint density at radius 3 is 2.42 bits per heavy atom. The van der Waals surface area contributed by atoms with Gasteiger partial charge in [-0.05, 0) is 24.0 Å². The number of primary amides is 1. The van der Waals surface area contributed by atoms with Crippen molar-refractivity contribution in [2.24, 2.45) is 11.7 Å². The lowest BCUT2D eigenvalue weighted by Gasteiger charge is -2.22. The average molecular weight is 358 g/mol. The van der Waals surface area contributed by atoms with Gasteiger partial charge in [0.05, 0.1) is 0 Å². The fourth-order valence-corrected chi connectivity index (χ4v) is 2.96. The van der Waals surface area contributed by atoms with Gasteiger partial charge in [0.2, 0.25) is 17.7 Å². The van der Waals surface area contributed by atoms with Crippen LogP contribution in [0.5, 0.6) is 0 Å². The summed E-state index contributed by atoms with van der Waals surface area (Å²) in [4.78, 5) is 39.0. The van der Waals surface area contributed by atoms with Gasteiger partial charge in [-0.25, -0.2) is 0 Å². The van der Waals surface area contributed by atoms with Gasteiger partial charge in [-0.15, -0.1) is 0 Å². The second-order valence-corrected chi connectivity index (χ2v) is 6.91. The van der Waals surface area contributed by atoms with Crippen molar-refractivity contribution in [2.45, 2.75) is 45.7 Å². The molecule has 2 aromatic rings. The van der Waals surface area contributed by atoms with Crippen LogP contribution < -0.4 is 16.4 Å². The lowest BCUT2D eigenvalue weighted by atomic mass is 10.0. The maximum absolute atomic E-state index is 12.7. The summed E-state index contributed by atoms with van der Waals surface area (Å²) in [5.74, 6) is -1.12. The van der Waals surface area contributed by atoms with Crippen LogP contribution in [0.3, 0.4) is 0 Å². The molecule has 0 spiro atoms. The summed E-state index contributed by atoms with van der Waals surface area (Å²) in [6.45, 7) is 5.24. The van der Waals surface area contributed by atoms with Crippen LogP contribution in [-0.2, 0) is 20.8 Å². The summed E-state index contributed by atoms with van der Waals surface area (Å²) < 4.78 is 0. The molecule has 0 aliphatic rings. The third-order valence-corrected chi connectivity index (χ3v) is 4.16. The smallest absolute Gasteiger partial charge is 0.243 e. The largest absolute Gasteiger partial charge is 0.368 e. The molecule has 26 heavy (non-hydrogen) atoms. The standard InChI is InChI=1S/C19H26N4O3/c1-11(2)8-16(18(20)25)23-19(26)17(22-12(3)24)9-13-10-21-15-7-5-4-6-14(13)15/h4-7,10-11,16-17,21H,8-9H2,1-3H3,(H2,20,25)(H,22,24)(H,23,26)/t16-,17-/m0/s1. The van der Waals surface area contributed by atoms with E-state index in [0.29, 0.717) is 12.8 Å². The molecule has 1 heterocycles. The van der Waals surface area contributed by atoms with Crippen molar-refractivity contribution >= 4 is 28.6 Å². The Kier molecular flexibility index (Phi) is 6.38. The SMILES string of the molecule is CC(=O)N[C@@H](Cc1c[nH]c2ccccc12)C(=O)N[C@@H](CC(C)C)C(N)=O. The second kappa shape index (κ2) is 8.51. The Bertz CT molecular complexity index is 797. The summed E-state index contributed by atoms with van der Waals surface area (Å²) in [5.41, 5.74) is 7.27. The molecule has 0 bridgehead atoms. The van der Waals surface area contributed by atoms with Crippen LogP contribution in [0.15, 0.2) is 30.5 Å². The molecular weight excluding hydrogens is 332 g/mol. The molecule has 0 unspecified atom stereocenters. The van der Waals surface area contributed by atoms with Gasteiger partial charge in [0.1, 0.15) is 12.1 Å². The van der Waals surface area contributed by atoms with Crippen molar-refractivity contribution in [2.75, 3.05) is 0 Å². The Labute approximate surface area is 152 Å². The highest BCUT2D eigenvalue weighted by Gasteiger charge is 2.26. The normalized spacial score (nSPS) is 13.4. The van der Waals surface area contributed by atoms with Crippen molar-refractivity contribution in [3.05, 3.63) is 36.0 Å². The summed E-state index contributed by atoms with van der Waals surface area (Å²) in [6, 6.07) is 6.18. The molecule has 0 fully saturated rings. The van der Waals surface area contributed by atoms with Gasteiger partial charge in [-0.1, -0.05) is 32.0 Å². The van der Waals surface area contributed by atoms with Crippen LogP contribution in [-0.4, -0.2) is 34.8 Å². The van der Waals surface area contributed by atoms with Crippen molar-refractivity contribution in [1.82, 2.24) is 15.6 Å². The van der Waals surface area contributed by atoms with E-state index in [1.54, 1.807) is 0 Å². The lowest BCUT2D eigenvalue weighted by Crippen LogP contribution is -2.53. The topological polar surface area (TPSA) is 117 Å². The number of nitrogens with two attached hydrogens (primary N) is 1. The van der Waals surface area contributed by atoms with Gasteiger partial charge < -0.3 is 21.4 Å². The summed E-state index contributed by atoms with van der Waals surface area (Å²) >= 11 is 0. The molecule has 0 saturated heterocycles. The van der Waals surface area contributed by atoms with Crippen LogP contribution >= 0.6 is 0 Å². The van der Waals surface area contributed by atoms with Crippen molar-refractivity contribution in [3.63, 3.8) is 0 Å². The highest BCUT2D eigenvalue weighted by Crippen LogP contribution is 2.19. The summed E-state index contributed by atoms with van der Waals surface area (Å²) in [5, 5.41) is 6.33. The number of benzene rings is 1. The monoisotopic (exact) mass is 358 g/mol. The van der Waals surface area contributed by atoms with Crippen LogP contribution in [0, 0.1) is 5.92 Å². The molecule has 1 aromatic carbocycles. The van der Waals surface area contributed by atoms with E-state index in [9.17, 15) is 14.4 Å². The molecule has 0 aliphatic carbocycles.